The van der Waals surface area contributed by atoms with Crippen LogP contribution < -0.4 is 20.7 Å². The molecule has 0 amide bonds. The van der Waals surface area contributed by atoms with Gasteiger partial charge in [-0.3, -0.25) is 13.9 Å². The van der Waals surface area contributed by atoms with Gasteiger partial charge in [0.2, 0.25) is 0 Å². The van der Waals surface area contributed by atoms with E-state index in [0.717, 1.165) is 16.7 Å². The van der Waals surface area contributed by atoms with Crippen molar-refractivity contribution in [2.24, 2.45) is 0 Å². The number of aromatic nitrogens is 2. The molecule has 0 spiro atoms. The van der Waals surface area contributed by atoms with Crippen molar-refractivity contribution in [1.82, 2.24) is 9.13 Å². The Bertz CT molecular complexity index is 1660. The fraction of sp³-hybridized carbons (Fsp3) is 0.333. The van der Waals surface area contributed by atoms with E-state index in [-0.39, 0.29) is 25.1 Å². The first-order chi connectivity index (χ1) is 21.9. The van der Waals surface area contributed by atoms with Crippen LogP contribution in [0.2, 0.25) is 0 Å². The number of hydrogen-bond donors (Lipinski definition) is 1. The lowest BCUT2D eigenvalue weighted by atomic mass is 9.80. The van der Waals surface area contributed by atoms with Crippen molar-refractivity contribution < 1.29 is 24.1 Å². The molecule has 1 fully saturated rings. The number of aliphatic hydroxyl groups excluding tert-OH is 1. The first-order valence-electron chi connectivity index (χ1n) is 15.0. The van der Waals surface area contributed by atoms with Gasteiger partial charge in [0.15, 0.2) is 0 Å². The van der Waals surface area contributed by atoms with Crippen LogP contribution in [-0.2, 0) is 21.6 Å². The Balaban J connectivity index is 1.47. The van der Waals surface area contributed by atoms with E-state index in [1.54, 1.807) is 14.2 Å². The third kappa shape index (κ3) is 6.74. The Morgan fingerprint density at radius 3 is 2.07 bits per heavy atom. The van der Waals surface area contributed by atoms with Gasteiger partial charge in [-0.1, -0.05) is 54.6 Å². The molecule has 0 saturated carbocycles. The summed E-state index contributed by atoms with van der Waals surface area (Å²) in [7, 11) is 3.23. The molecule has 45 heavy (non-hydrogen) atoms. The standard InChI is InChI=1S/C36H38N2O7/c1-4-5-6-10-22-37-33(40)21-23-38(35(37)41)34-24-31(39)32(45-34)25-44-36(26-11-8-7-9-12-26,27-13-17-29(42-2)18-14-27)28-15-19-30(43-3)20-16-28/h1,7-9,11-21,23,31-32,34,39H,5-6,10,22,24-25H2,2-3H3/t31-,32+,34+/m0/s1. The van der Waals surface area contributed by atoms with Crippen LogP contribution in [0.25, 0.3) is 0 Å². The smallest absolute Gasteiger partial charge is 0.333 e. The Kier molecular flexibility index (Phi) is 10.2. The molecule has 3 aromatic carbocycles. The third-order valence-electron chi connectivity index (χ3n) is 8.20. The Morgan fingerprint density at radius 1 is 0.889 bits per heavy atom. The van der Waals surface area contributed by atoms with Crippen LogP contribution >= 0.6 is 0 Å². The molecule has 234 valence electrons. The van der Waals surface area contributed by atoms with Crippen LogP contribution in [-0.4, -0.2) is 47.3 Å². The van der Waals surface area contributed by atoms with E-state index in [9.17, 15) is 14.7 Å². The zero-order valence-corrected chi connectivity index (χ0v) is 25.5. The molecule has 3 atom stereocenters. The molecule has 0 bridgehead atoms. The number of terminal acetylenes is 1. The molecule has 0 unspecified atom stereocenters. The predicted molar refractivity (Wildman–Crippen MR) is 170 cm³/mol. The lowest BCUT2D eigenvalue weighted by Gasteiger charge is -2.37. The number of hydrogen-bond acceptors (Lipinski definition) is 7. The monoisotopic (exact) mass is 610 g/mol. The first-order valence-corrected chi connectivity index (χ1v) is 15.0. The van der Waals surface area contributed by atoms with Crippen LogP contribution in [0.1, 0.15) is 48.6 Å². The SMILES string of the molecule is C#CCCCCn1c(=O)ccn([C@H]2C[C@H](O)[C@@H](COC(c3ccccc3)(c3ccc(OC)cc3)c3ccc(OC)cc3)O2)c1=O. The Labute approximate surface area is 262 Å². The molecule has 1 aliphatic heterocycles. The number of benzene rings is 3. The minimum absolute atomic E-state index is 0.00506. The zero-order valence-electron chi connectivity index (χ0n) is 25.5. The topological polar surface area (TPSA) is 101 Å². The average Bonchev–Trinajstić information content (AvgIpc) is 3.45. The van der Waals surface area contributed by atoms with Crippen molar-refractivity contribution in [3.05, 3.63) is 129 Å². The Morgan fingerprint density at radius 2 is 1.49 bits per heavy atom. The van der Waals surface area contributed by atoms with Gasteiger partial charge in [-0.15, -0.1) is 12.3 Å². The minimum Gasteiger partial charge on any atom is -0.497 e. The quantitative estimate of drug-likeness (QED) is 0.135. The van der Waals surface area contributed by atoms with Gasteiger partial charge in [-0.05, 0) is 53.8 Å². The second-order valence-electron chi connectivity index (χ2n) is 10.9. The van der Waals surface area contributed by atoms with Gasteiger partial charge in [0.25, 0.3) is 5.56 Å². The molecule has 2 heterocycles. The molecule has 9 heteroatoms. The number of unbranched alkanes of at least 4 members (excludes halogenated alkanes) is 2. The van der Waals surface area contributed by atoms with Crippen LogP contribution in [0.5, 0.6) is 11.5 Å². The van der Waals surface area contributed by atoms with E-state index in [1.807, 2.05) is 78.9 Å². The maximum atomic E-state index is 13.3. The average molecular weight is 611 g/mol. The molecule has 0 aliphatic carbocycles. The second-order valence-corrected chi connectivity index (χ2v) is 10.9. The van der Waals surface area contributed by atoms with E-state index in [4.69, 9.17) is 25.4 Å². The van der Waals surface area contributed by atoms with E-state index in [0.29, 0.717) is 30.8 Å². The normalized spacial score (nSPS) is 18.0. The van der Waals surface area contributed by atoms with Crippen molar-refractivity contribution in [1.29, 1.82) is 0 Å². The first kappa shape index (κ1) is 31.8. The highest BCUT2D eigenvalue weighted by atomic mass is 16.6. The van der Waals surface area contributed by atoms with E-state index >= 15 is 0 Å². The largest absolute Gasteiger partial charge is 0.497 e. The van der Waals surface area contributed by atoms with Crippen LogP contribution in [0, 0.1) is 12.3 Å². The summed E-state index contributed by atoms with van der Waals surface area (Å²) in [5.74, 6) is 3.98. The molecule has 0 radical (unpaired) electrons. The summed E-state index contributed by atoms with van der Waals surface area (Å²) in [6.45, 7) is 0.260. The molecule has 9 nitrogen and oxygen atoms in total. The summed E-state index contributed by atoms with van der Waals surface area (Å²) < 4.78 is 26.6. The third-order valence-corrected chi connectivity index (χ3v) is 8.20. The lowest BCUT2D eigenvalue weighted by Crippen LogP contribution is -2.40. The fourth-order valence-corrected chi connectivity index (χ4v) is 5.77. The Hall–Kier alpha value is -4.62. The summed E-state index contributed by atoms with van der Waals surface area (Å²) in [4.78, 5) is 25.8. The van der Waals surface area contributed by atoms with Crippen LogP contribution in [0.15, 0.2) is 101 Å². The molecule has 4 aromatic rings. The van der Waals surface area contributed by atoms with Crippen molar-refractivity contribution in [3.8, 4) is 23.8 Å². The lowest BCUT2D eigenvalue weighted by molar-refractivity contribution is -0.0946. The molecule has 5 rings (SSSR count). The summed E-state index contributed by atoms with van der Waals surface area (Å²) in [5, 5.41) is 11.1. The van der Waals surface area contributed by atoms with E-state index in [2.05, 4.69) is 5.92 Å². The summed E-state index contributed by atoms with van der Waals surface area (Å²) in [6, 6.07) is 26.5. The maximum Gasteiger partial charge on any atom is 0.333 e. The van der Waals surface area contributed by atoms with Crippen molar-refractivity contribution in [3.63, 3.8) is 0 Å². The number of ether oxygens (including phenoxy) is 4. The van der Waals surface area contributed by atoms with Crippen molar-refractivity contribution in [2.75, 3.05) is 20.8 Å². The molecular weight excluding hydrogens is 572 g/mol. The number of aliphatic hydroxyl groups is 1. The summed E-state index contributed by atoms with van der Waals surface area (Å²) in [5.41, 5.74) is 0.592. The zero-order chi connectivity index (χ0) is 31.8. The fourth-order valence-electron chi connectivity index (χ4n) is 5.77. The molecule has 1 saturated heterocycles. The molecular formula is C36H38N2O7. The van der Waals surface area contributed by atoms with E-state index < -0.39 is 29.7 Å². The van der Waals surface area contributed by atoms with Gasteiger partial charge in [-0.25, -0.2) is 4.79 Å². The van der Waals surface area contributed by atoms with Crippen LogP contribution in [0.4, 0.5) is 0 Å². The summed E-state index contributed by atoms with van der Waals surface area (Å²) >= 11 is 0. The van der Waals surface area contributed by atoms with Gasteiger partial charge in [-0.2, -0.15) is 0 Å². The predicted octanol–water partition coefficient (Wildman–Crippen LogP) is 4.49. The second kappa shape index (κ2) is 14.4. The van der Waals surface area contributed by atoms with Crippen molar-refractivity contribution in [2.45, 2.75) is 56.3 Å². The molecule has 1 N–H and O–H groups in total. The van der Waals surface area contributed by atoms with Gasteiger partial charge in [0, 0.05) is 31.6 Å². The van der Waals surface area contributed by atoms with E-state index in [1.165, 1.54) is 21.4 Å². The van der Waals surface area contributed by atoms with Gasteiger partial charge < -0.3 is 24.1 Å². The maximum absolute atomic E-state index is 13.3. The van der Waals surface area contributed by atoms with Gasteiger partial charge >= 0.3 is 5.69 Å². The van der Waals surface area contributed by atoms with Crippen LogP contribution in [0.3, 0.4) is 0 Å². The highest BCUT2D eigenvalue weighted by molar-refractivity contribution is 5.49. The minimum atomic E-state index is -1.09. The molecule has 1 aromatic heterocycles. The molecule has 1 aliphatic rings. The van der Waals surface area contributed by atoms with Crippen molar-refractivity contribution >= 4 is 0 Å². The van der Waals surface area contributed by atoms with Gasteiger partial charge in [0.05, 0.1) is 26.9 Å². The number of methoxy groups -OCH3 is 2. The highest BCUT2D eigenvalue weighted by Gasteiger charge is 2.42. The highest BCUT2D eigenvalue weighted by Crippen LogP contribution is 2.42. The number of nitrogens with zero attached hydrogens (tertiary/aromatic N) is 2. The summed E-state index contributed by atoms with van der Waals surface area (Å²) in [6.07, 6.45) is 6.36. The van der Waals surface area contributed by atoms with Gasteiger partial charge in [0.1, 0.15) is 29.4 Å². The number of rotatable bonds is 13.